The van der Waals surface area contributed by atoms with Gasteiger partial charge in [-0.25, -0.2) is 0 Å². The van der Waals surface area contributed by atoms with Gasteiger partial charge in [-0.3, -0.25) is 19.3 Å². The lowest BCUT2D eigenvalue weighted by molar-refractivity contribution is -0.180. The van der Waals surface area contributed by atoms with Crippen molar-refractivity contribution in [3.8, 4) is 5.75 Å². The molecular weight excluding hydrogens is 683 g/mol. The van der Waals surface area contributed by atoms with Crippen molar-refractivity contribution in [1.29, 1.82) is 0 Å². The molecule has 226 valence electrons. The second-order valence-corrected chi connectivity index (χ2v) is 12.7. The summed E-state index contributed by atoms with van der Waals surface area (Å²) < 4.78 is 12.9. The Kier molecular flexibility index (Phi) is 7.45. The van der Waals surface area contributed by atoms with E-state index in [1.165, 1.54) is 6.08 Å². The number of esters is 2. The minimum atomic E-state index is -1.59. The number of amides is 1. The molecule has 4 aromatic carbocycles. The van der Waals surface area contributed by atoms with Crippen LogP contribution in [0.2, 0.25) is 0 Å². The van der Waals surface area contributed by atoms with Crippen LogP contribution in [0.3, 0.4) is 0 Å². The third kappa shape index (κ3) is 4.55. The third-order valence-corrected chi connectivity index (χ3v) is 9.75. The van der Waals surface area contributed by atoms with Crippen molar-refractivity contribution in [3.63, 3.8) is 0 Å². The summed E-state index contributed by atoms with van der Waals surface area (Å²) >= 11 is 2.19. The van der Waals surface area contributed by atoms with Crippen LogP contribution in [0.5, 0.6) is 5.75 Å². The molecule has 6 atom stereocenters. The number of hydrogen-bond donors (Lipinski definition) is 2. The van der Waals surface area contributed by atoms with Crippen LogP contribution in [-0.4, -0.2) is 40.5 Å². The van der Waals surface area contributed by atoms with Crippen LogP contribution in [0.4, 0.5) is 5.69 Å². The van der Waals surface area contributed by atoms with Crippen molar-refractivity contribution >= 4 is 46.1 Å². The van der Waals surface area contributed by atoms with Crippen LogP contribution < -0.4 is 5.32 Å². The van der Waals surface area contributed by atoms with Crippen LogP contribution >= 0.6 is 22.6 Å². The van der Waals surface area contributed by atoms with E-state index in [2.05, 4.69) is 34.5 Å². The molecule has 6 unspecified atom stereocenters. The lowest BCUT2D eigenvalue weighted by Gasteiger charge is -2.46. The Labute approximate surface area is 273 Å². The maximum atomic E-state index is 14.7. The van der Waals surface area contributed by atoms with Crippen LogP contribution in [0, 0.1) is 9.49 Å². The monoisotopic (exact) mass is 712 g/mol. The number of fused-ring (bicyclic) bond motifs is 3. The number of phenols is 1. The molecule has 0 saturated carbocycles. The number of phenolic OH excluding ortho intramolecular Hbond substituents is 1. The van der Waals surface area contributed by atoms with Gasteiger partial charge in [0.2, 0.25) is 5.91 Å². The first kappa shape index (κ1) is 29.2. The molecule has 1 spiro atoms. The van der Waals surface area contributed by atoms with Gasteiger partial charge in [0.1, 0.15) is 35.8 Å². The molecule has 2 saturated heterocycles. The fraction of sp³-hybridized carbons (Fsp3) is 0.194. The van der Waals surface area contributed by atoms with Crippen molar-refractivity contribution in [3.05, 3.63) is 142 Å². The van der Waals surface area contributed by atoms with E-state index in [-0.39, 0.29) is 12.4 Å². The Hall–Kier alpha value is -4.48. The number of ether oxygens (including phenoxy) is 2. The SMILES string of the molecule is C=CCOC(=O)C1C2C(=O)OC(c3ccccc3)C(c3ccccc3)N2C(c2ccc(O)cc2)C12C(=O)Nc1ccc(I)cc12. The summed E-state index contributed by atoms with van der Waals surface area (Å²) in [4.78, 5) is 45.4. The number of aromatic hydroxyl groups is 1. The van der Waals surface area contributed by atoms with E-state index >= 15 is 0 Å². The van der Waals surface area contributed by atoms with Gasteiger partial charge in [-0.05, 0) is 75.2 Å². The smallest absolute Gasteiger partial charge is 0.325 e. The Bertz CT molecular complexity index is 1800. The van der Waals surface area contributed by atoms with E-state index in [4.69, 9.17) is 9.47 Å². The van der Waals surface area contributed by atoms with E-state index in [0.717, 1.165) is 14.7 Å². The summed E-state index contributed by atoms with van der Waals surface area (Å²) in [5.41, 5.74) is 1.86. The second kappa shape index (κ2) is 11.5. The fourth-order valence-corrected chi connectivity index (χ4v) is 7.91. The number of carbonyl (C=O) groups is 3. The van der Waals surface area contributed by atoms with E-state index in [9.17, 15) is 19.5 Å². The van der Waals surface area contributed by atoms with Crippen LogP contribution in [0.25, 0.3) is 0 Å². The number of anilines is 1. The van der Waals surface area contributed by atoms with Crippen LogP contribution in [0.15, 0.2) is 116 Å². The van der Waals surface area contributed by atoms with Crippen molar-refractivity contribution in [1.82, 2.24) is 4.90 Å². The van der Waals surface area contributed by atoms with Gasteiger partial charge in [0.15, 0.2) is 0 Å². The number of halogens is 1. The molecular formula is C36H29IN2O6. The molecule has 3 aliphatic heterocycles. The number of hydrogen-bond acceptors (Lipinski definition) is 7. The van der Waals surface area contributed by atoms with Crippen LogP contribution in [0.1, 0.15) is 40.4 Å². The Morgan fingerprint density at radius 1 is 0.933 bits per heavy atom. The van der Waals surface area contributed by atoms with Crippen molar-refractivity contribution in [2.75, 3.05) is 11.9 Å². The Morgan fingerprint density at radius 2 is 1.60 bits per heavy atom. The van der Waals surface area contributed by atoms with E-state index in [1.807, 2.05) is 83.8 Å². The van der Waals surface area contributed by atoms with Crippen LogP contribution in [-0.2, 0) is 29.3 Å². The van der Waals surface area contributed by atoms with Gasteiger partial charge in [-0.15, -0.1) is 0 Å². The van der Waals surface area contributed by atoms with Gasteiger partial charge >= 0.3 is 11.9 Å². The Morgan fingerprint density at radius 3 is 2.27 bits per heavy atom. The summed E-state index contributed by atoms with van der Waals surface area (Å²) in [7, 11) is 0. The first-order valence-corrected chi connectivity index (χ1v) is 15.7. The quantitative estimate of drug-likeness (QED) is 0.144. The molecule has 2 fully saturated rings. The minimum absolute atomic E-state index is 0.0509. The predicted octanol–water partition coefficient (Wildman–Crippen LogP) is 6.00. The lowest BCUT2D eigenvalue weighted by atomic mass is 9.65. The first-order valence-electron chi connectivity index (χ1n) is 14.6. The molecule has 45 heavy (non-hydrogen) atoms. The van der Waals surface area contributed by atoms with Gasteiger partial charge in [0.25, 0.3) is 0 Å². The van der Waals surface area contributed by atoms with Gasteiger partial charge in [-0.2, -0.15) is 0 Å². The van der Waals surface area contributed by atoms with Gasteiger partial charge in [0.05, 0.1) is 12.1 Å². The summed E-state index contributed by atoms with van der Waals surface area (Å²) in [6, 6.07) is 28.7. The molecule has 1 amide bonds. The van der Waals surface area contributed by atoms with Crippen molar-refractivity contribution in [2.45, 2.75) is 29.6 Å². The number of carbonyl (C=O) groups excluding carboxylic acids is 3. The minimum Gasteiger partial charge on any atom is -0.508 e. The second-order valence-electron chi connectivity index (χ2n) is 11.4. The summed E-state index contributed by atoms with van der Waals surface area (Å²) in [5.74, 6) is -2.96. The number of benzene rings is 4. The third-order valence-electron chi connectivity index (χ3n) is 9.08. The maximum absolute atomic E-state index is 14.7. The zero-order chi connectivity index (χ0) is 31.3. The highest BCUT2D eigenvalue weighted by Gasteiger charge is 2.74. The number of rotatable bonds is 6. The average Bonchev–Trinajstić information content (AvgIpc) is 3.53. The molecule has 3 heterocycles. The Balaban J connectivity index is 1.57. The zero-order valence-electron chi connectivity index (χ0n) is 24.0. The normalized spacial score (nSPS) is 26.9. The fourth-order valence-electron chi connectivity index (χ4n) is 7.42. The molecule has 0 bridgehead atoms. The topological polar surface area (TPSA) is 105 Å². The number of morpholine rings is 1. The maximum Gasteiger partial charge on any atom is 0.325 e. The molecule has 0 aromatic heterocycles. The molecule has 4 aromatic rings. The number of cyclic esters (lactones) is 1. The summed E-state index contributed by atoms with van der Waals surface area (Å²) in [5, 5.41) is 13.3. The van der Waals surface area contributed by atoms with E-state index in [1.54, 1.807) is 24.3 Å². The number of nitrogens with one attached hydrogen (secondary N) is 1. The molecule has 9 heteroatoms. The standard InChI is InChI=1S/C36H29IN2O6/c1-2-19-44-33(41)28-30-34(42)45-31(22-11-7-4-8-12-22)29(21-9-5-3-6-10-21)39(30)32(23-13-16-25(40)17-14-23)36(28)26-20-24(37)15-18-27(26)38-35(36)43/h2-18,20,28-32,40H,1,19H2,(H,38,43). The average molecular weight is 713 g/mol. The van der Waals surface area contributed by atoms with Gasteiger partial charge in [-0.1, -0.05) is 85.5 Å². The lowest BCUT2D eigenvalue weighted by Crippen LogP contribution is -2.52. The van der Waals surface area contributed by atoms with E-state index in [0.29, 0.717) is 16.8 Å². The zero-order valence-corrected chi connectivity index (χ0v) is 26.2. The van der Waals surface area contributed by atoms with Gasteiger partial charge in [0, 0.05) is 9.26 Å². The molecule has 2 N–H and O–H groups in total. The van der Waals surface area contributed by atoms with E-state index < -0.39 is 53.4 Å². The molecule has 0 aliphatic carbocycles. The molecule has 3 aliphatic rings. The first-order chi connectivity index (χ1) is 21.9. The largest absolute Gasteiger partial charge is 0.508 e. The predicted molar refractivity (Wildman–Crippen MR) is 175 cm³/mol. The highest BCUT2D eigenvalue weighted by atomic mass is 127. The number of nitrogens with zero attached hydrogens (tertiary/aromatic N) is 1. The summed E-state index contributed by atoms with van der Waals surface area (Å²) in [6.45, 7) is 3.60. The summed E-state index contributed by atoms with van der Waals surface area (Å²) in [6.07, 6.45) is 0.703. The molecule has 0 radical (unpaired) electrons. The van der Waals surface area contributed by atoms with Crippen molar-refractivity contribution < 1.29 is 29.0 Å². The molecule has 8 nitrogen and oxygen atoms in total. The highest BCUT2D eigenvalue weighted by molar-refractivity contribution is 14.1. The highest BCUT2D eigenvalue weighted by Crippen LogP contribution is 2.65. The molecule has 7 rings (SSSR count). The van der Waals surface area contributed by atoms with Gasteiger partial charge < -0.3 is 19.9 Å². The van der Waals surface area contributed by atoms with Crippen molar-refractivity contribution in [2.24, 2.45) is 5.92 Å².